The van der Waals surface area contributed by atoms with Gasteiger partial charge in [-0.3, -0.25) is 14.5 Å². The van der Waals surface area contributed by atoms with Gasteiger partial charge in [0.1, 0.15) is 17.3 Å². The van der Waals surface area contributed by atoms with E-state index in [0.29, 0.717) is 57.5 Å². The zero-order chi connectivity index (χ0) is 29.3. The summed E-state index contributed by atoms with van der Waals surface area (Å²) in [6.07, 6.45) is 0.909. The molecule has 41 heavy (non-hydrogen) atoms. The summed E-state index contributed by atoms with van der Waals surface area (Å²) in [5.41, 5.74) is 8.70. The molecular formula is C28H29N7O4S2. The monoisotopic (exact) mass is 591 g/mol. The predicted molar refractivity (Wildman–Crippen MR) is 155 cm³/mol. The molecule has 0 bridgehead atoms. The number of nitriles is 1. The molecule has 0 spiro atoms. The van der Waals surface area contributed by atoms with Gasteiger partial charge in [0, 0.05) is 23.8 Å². The number of Topliss-reactive ketones (excluding diaryl/α,β-unsaturated/α-hetero) is 1. The van der Waals surface area contributed by atoms with Gasteiger partial charge in [0.05, 0.1) is 29.9 Å². The first-order valence-electron chi connectivity index (χ1n) is 13.0. The van der Waals surface area contributed by atoms with Gasteiger partial charge in [-0.05, 0) is 43.4 Å². The van der Waals surface area contributed by atoms with Gasteiger partial charge in [0.2, 0.25) is 11.0 Å². The van der Waals surface area contributed by atoms with Gasteiger partial charge in [0.25, 0.3) is 0 Å². The third kappa shape index (κ3) is 5.84. The summed E-state index contributed by atoms with van der Waals surface area (Å²) in [6.45, 7) is 8.25. The molecule has 0 saturated heterocycles. The smallest absolute Gasteiger partial charge is 0.236 e. The Bertz CT molecular complexity index is 1600. The fourth-order valence-corrected chi connectivity index (χ4v) is 6.75. The average molecular weight is 592 g/mol. The molecule has 1 unspecified atom stereocenters. The summed E-state index contributed by atoms with van der Waals surface area (Å²) in [5.74, 6) is 1.03. The number of aromatic nitrogens is 3. The molecule has 0 radical (unpaired) electrons. The second-order valence-corrected chi connectivity index (χ2v) is 12.7. The fraction of sp³-hybridized carbons (Fsp3) is 0.357. The van der Waals surface area contributed by atoms with Crippen molar-refractivity contribution in [1.82, 2.24) is 15.4 Å². The summed E-state index contributed by atoms with van der Waals surface area (Å²) in [4.78, 5) is 27.8. The lowest BCUT2D eigenvalue weighted by Gasteiger charge is -2.42. The molecule has 1 aliphatic carbocycles. The first kappa shape index (κ1) is 28.4. The molecule has 3 aromatic rings. The third-order valence-corrected chi connectivity index (χ3v) is 8.76. The van der Waals surface area contributed by atoms with E-state index >= 15 is 0 Å². The summed E-state index contributed by atoms with van der Waals surface area (Å²) in [6, 6.07) is 11.3. The second-order valence-electron chi connectivity index (χ2n) is 10.5. The number of nitrogens with zero attached hydrogens (tertiary/aromatic N) is 5. The van der Waals surface area contributed by atoms with Crippen LogP contribution in [0.15, 0.2) is 61.9 Å². The number of carbonyl (C=O) groups is 2. The van der Waals surface area contributed by atoms with Crippen LogP contribution in [0.25, 0.3) is 0 Å². The van der Waals surface area contributed by atoms with E-state index in [0.717, 1.165) is 5.56 Å². The molecule has 1 amide bonds. The number of rotatable bonds is 8. The number of aryl methyl sites for hydroxylation is 1. The van der Waals surface area contributed by atoms with Crippen LogP contribution in [0, 0.1) is 23.7 Å². The van der Waals surface area contributed by atoms with Crippen LogP contribution in [0.2, 0.25) is 0 Å². The SMILES string of the molecule is CCOc1ccc(C2C(C#N)=C(N)N(c3nnc(SCC(=O)Nc4cc(C)on4)s3)C3=C2C(=O)CC(C)(C)C3)cc1. The fourth-order valence-electron chi connectivity index (χ4n) is 5.07. The number of amides is 1. The number of thioether (sulfide) groups is 1. The van der Waals surface area contributed by atoms with Gasteiger partial charge in [0.15, 0.2) is 15.9 Å². The summed E-state index contributed by atoms with van der Waals surface area (Å²) in [7, 11) is 0. The summed E-state index contributed by atoms with van der Waals surface area (Å²) >= 11 is 2.45. The zero-order valence-corrected chi connectivity index (χ0v) is 24.7. The minimum atomic E-state index is -0.601. The van der Waals surface area contributed by atoms with Gasteiger partial charge >= 0.3 is 0 Å². The number of nitrogens with two attached hydrogens (primary N) is 1. The van der Waals surface area contributed by atoms with E-state index in [2.05, 4.69) is 26.7 Å². The highest BCUT2D eigenvalue weighted by molar-refractivity contribution is 8.01. The van der Waals surface area contributed by atoms with Crippen LogP contribution in [0.1, 0.15) is 50.9 Å². The van der Waals surface area contributed by atoms with Gasteiger partial charge < -0.3 is 20.3 Å². The quantitative estimate of drug-likeness (QED) is 0.343. The van der Waals surface area contributed by atoms with Crippen molar-refractivity contribution in [3.05, 3.63) is 64.3 Å². The minimum absolute atomic E-state index is 0.0285. The normalized spacial score (nSPS) is 18.3. The number of nitrogens with one attached hydrogen (secondary N) is 1. The Hall–Kier alpha value is -4.15. The molecule has 2 aliphatic rings. The first-order chi connectivity index (χ1) is 19.6. The predicted octanol–water partition coefficient (Wildman–Crippen LogP) is 4.90. The number of ether oxygens (including phenoxy) is 1. The van der Waals surface area contributed by atoms with Crippen molar-refractivity contribution >= 4 is 45.7 Å². The van der Waals surface area contributed by atoms with Crippen LogP contribution in [0.5, 0.6) is 5.75 Å². The van der Waals surface area contributed by atoms with E-state index in [1.165, 1.54) is 23.1 Å². The zero-order valence-electron chi connectivity index (χ0n) is 23.1. The van der Waals surface area contributed by atoms with Crippen LogP contribution < -0.4 is 20.7 Å². The van der Waals surface area contributed by atoms with Crippen LogP contribution in [-0.2, 0) is 9.59 Å². The van der Waals surface area contributed by atoms with Crippen LogP contribution in [-0.4, -0.2) is 39.4 Å². The Kier molecular flexibility index (Phi) is 7.88. The van der Waals surface area contributed by atoms with E-state index in [4.69, 9.17) is 15.0 Å². The topological polar surface area (TPSA) is 160 Å². The number of hydrogen-bond donors (Lipinski definition) is 2. The molecule has 2 aromatic heterocycles. The van der Waals surface area contributed by atoms with E-state index < -0.39 is 5.92 Å². The van der Waals surface area contributed by atoms with Crippen molar-refractivity contribution < 1.29 is 18.8 Å². The maximum Gasteiger partial charge on any atom is 0.236 e. The number of allylic oxidation sites excluding steroid dienone is 3. The molecular weight excluding hydrogens is 562 g/mol. The summed E-state index contributed by atoms with van der Waals surface area (Å²) in [5, 5.41) is 25.7. The van der Waals surface area contributed by atoms with E-state index in [1.807, 2.05) is 45.0 Å². The molecule has 3 N–H and O–H groups in total. The second kappa shape index (κ2) is 11.4. The van der Waals surface area contributed by atoms with E-state index in [-0.39, 0.29) is 34.3 Å². The average Bonchev–Trinajstić information content (AvgIpc) is 3.55. The lowest BCUT2D eigenvalue weighted by Crippen LogP contribution is -2.42. The van der Waals surface area contributed by atoms with Crippen LogP contribution >= 0.6 is 23.1 Å². The molecule has 212 valence electrons. The van der Waals surface area contributed by atoms with Gasteiger partial charge in [-0.25, -0.2) is 0 Å². The molecule has 1 aromatic carbocycles. The molecule has 5 rings (SSSR count). The van der Waals surface area contributed by atoms with Crippen molar-refractivity contribution in [2.45, 2.75) is 50.8 Å². The molecule has 0 fully saturated rings. The van der Waals surface area contributed by atoms with E-state index in [1.54, 1.807) is 17.9 Å². The van der Waals surface area contributed by atoms with Crippen molar-refractivity contribution in [3.63, 3.8) is 0 Å². The number of benzene rings is 1. The largest absolute Gasteiger partial charge is 0.494 e. The van der Waals surface area contributed by atoms with Crippen molar-refractivity contribution in [2.24, 2.45) is 11.1 Å². The maximum atomic E-state index is 13.7. The number of hydrogen-bond acceptors (Lipinski definition) is 12. The Labute approximate surface area is 245 Å². The van der Waals surface area contributed by atoms with Gasteiger partial charge in [-0.1, -0.05) is 54.2 Å². The maximum absolute atomic E-state index is 13.7. The van der Waals surface area contributed by atoms with Crippen LogP contribution in [0.3, 0.4) is 0 Å². The Morgan fingerprint density at radius 1 is 1.32 bits per heavy atom. The highest BCUT2D eigenvalue weighted by atomic mass is 32.2. The number of anilines is 2. The Morgan fingerprint density at radius 3 is 2.73 bits per heavy atom. The number of carbonyl (C=O) groups excluding carboxylic acids is 2. The lowest BCUT2D eigenvalue weighted by molar-refractivity contribution is -0.118. The van der Waals surface area contributed by atoms with Crippen molar-refractivity contribution in [1.29, 1.82) is 5.26 Å². The van der Waals surface area contributed by atoms with Gasteiger partial charge in [-0.2, -0.15) is 5.26 Å². The van der Waals surface area contributed by atoms with Crippen molar-refractivity contribution in [2.75, 3.05) is 22.6 Å². The Morgan fingerprint density at radius 2 is 2.07 bits per heavy atom. The minimum Gasteiger partial charge on any atom is -0.494 e. The van der Waals surface area contributed by atoms with E-state index in [9.17, 15) is 14.9 Å². The number of ketones is 1. The summed E-state index contributed by atoms with van der Waals surface area (Å²) < 4.78 is 11.1. The van der Waals surface area contributed by atoms with Gasteiger partial charge in [-0.15, -0.1) is 10.2 Å². The molecule has 11 nitrogen and oxygen atoms in total. The third-order valence-electron chi connectivity index (χ3n) is 6.71. The molecule has 3 heterocycles. The first-order valence-corrected chi connectivity index (χ1v) is 14.8. The highest BCUT2D eigenvalue weighted by Gasteiger charge is 2.45. The lowest BCUT2D eigenvalue weighted by atomic mass is 9.68. The van der Waals surface area contributed by atoms with Crippen molar-refractivity contribution in [3.8, 4) is 11.8 Å². The van der Waals surface area contributed by atoms with Crippen LogP contribution in [0.4, 0.5) is 10.9 Å². The molecule has 0 saturated carbocycles. The molecule has 13 heteroatoms. The molecule has 1 aliphatic heterocycles. The highest BCUT2D eigenvalue weighted by Crippen LogP contribution is 2.50. The standard InChI is InChI=1S/C28H29N7O4S2/c1-5-38-17-8-6-16(7-9-17)23-18(13-29)25(30)35(19-11-28(3,4)12-20(36)24(19)23)26-32-33-27(41-26)40-14-22(37)31-21-10-15(2)39-34-21/h6-10,23H,5,11-12,14,30H2,1-4H3,(H,31,34,37). The Balaban J connectivity index is 1.47. The molecule has 1 atom stereocenters.